The Morgan fingerprint density at radius 1 is 1.54 bits per heavy atom. The van der Waals surface area contributed by atoms with E-state index in [-0.39, 0.29) is 0 Å². The van der Waals surface area contributed by atoms with Crippen molar-refractivity contribution < 1.29 is 4.74 Å². The Morgan fingerprint density at radius 2 is 2.31 bits per heavy atom. The van der Waals surface area contributed by atoms with Gasteiger partial charge in [-0.05, 0) is 30.7 Å². The number of aryl methyl sites for hydroxylation is 1. The molecule has 0 heterocycles. The van der Waals surface area contributed by atoms with Crippen LogP contribution in [0, 0.1) is 18.3 Å². The number of anilines is 1. The second-order valence-corrected chi connectivity index (χ2v) is 2.70. The Kier molecular flexibility index (Phi) is 3.15. The predicted molar refractivity (Wildman–Crippen MR) is 51.8 cm³/mol. The van der Waals surface area contributed by atoms with E-state index in [1.165, 1.54) is 0 Å². The van der Waals surface area contributed by atoms with Crippen molar-refractivity contribution in [2.75, 3.05) is 19.0 Å². The summed E-state index contributed by atoms with van der Waals surface area (Å²) >= 11 is 0. The number of hydrogen-bond donors (Lipinski definition) is 1. The molecule has 1 aromatic rings. The zero-order valence-corrected chi connectivity index (χ0v) is 7.79. The molecule has 0 aromatic heterocycles. The molecule has 68 valence electrons. The van der Waals surface area contributed by atoms with Crippen molar-refractivity contribution in [2.24, 2.45) is 0 Å². The first-order chi connectivity index (χ1) is 6.27. The maximum absolute atomic E-state index is 8.36. The van der Waals surface area contributed by atoms with Crippen LogP contribution >= 0.6 is 0 Å². The topological polar surface area (TPSA) is 45.0 Å². The van der Waals surface area contributed by atoms with Gasteiger partial charge in [0.15, 0.2) is 0 Å². The lowest BCUT2D eigenvalue weighted by atomic mass is 10.2. The van der Waals surface area contributed by atoms with Crippen LogP contribution in [0.4, 0.5) is 5.69 Å². The summed E-state index contributed by atoms with van der Waals surface area (Å²) in [5.74, 6) is 0.863. The predicted octanol–water partition coefficient (Wildman–Crippen LogP) is 1.94. The Bertz CT molecular complexity index is 328. The van der Waals surface area contributed by atoms with Crippen molar-refractivity contribution in [1.82, 2.24) is 0 Å². The van der Waals surface area contributed by atoms with Crippen LogP contribution in [0.3, 0.4) is 0 Å². The molecule has 1 rings (SSSR count). The lowest BCUT2D eigenvalue weighted by Crippen LogP contribution is -1.98. The van der Waals surface area contributed by atoms with Gasteiger partial charge < -0.3 is 10.1 Å². The molecular formula is C10H12N2O. The fourth-order valence-electron chi connectivity index (χ4n) is 1.13. The van der Waals surface area contributed by atoms with Gasteiger partial charge in [-0.1, -0.05) is 0 Å². The normalized spacial score (nSPS) is 9.00. The summed E-state index contributed by atoms with van der Waals surface area (Å²) in [6.45, 7) is 2.29. The third-order valence-electron chi connectivity index (χ3n) is 1.77. The van der Waals surface area contributed by atoms with Crippen LogP contribution < -0.4 is 10.1 Å². The Labute approximate surface area is 77.9 Å². The fraction of sp³-hybridized carbons (Fsp3) is 0.300. The Morgan fingerprint density at radius 3 is 2.85 bits per heavy atom. The highest BCUT2D eigenvalue weighted by Crippen LogP contribution is 2.20. The molecule has 0 bridgehead atoms. The first-order valence-corrected chi connectivity index (χ1v) is 4.03. The standard InChI is InChI=1S/C10H12N2O/c1-8-7-9(12-6-5-11)3-4-10(8)13-2/h3-4,7,12H,6H2,1-2H3. The molecule has 1 aromatic carbocycles. The number of methoxy groups -OCH3 is 1. The average molecular weight is 176 g/mol. The lowest BCUT2D eigenvalue weighted by Gasteiger charge is -2.07. The van der Waals surface area contributed by atoms with Crippen LogP contribution in [-0.4, -0.2) is 13.7 Å². The van der Waals surface area contributed by atoms with Crippen molar-refractivity contribution in [3.63, 3.8) is 0 Å². The van der Waals surface area contributed by atoms with Crippen LogP contribution in [0.15, 0.2) is 18.2 Å². The van der Waals surface area contributed by atoms with Crippen LogP contribution in [0.1, 0.15) is 5.56 Å². The van der Waals surface area contributed by atoms with Gasteiger partial charge in [0, 0.05) is 5.69 Å². The molecule has 0 fully saturated rings. The quantitative estimate of drug-likeness (QED) is 0.716. The van der Waals surface area contributed by atoms with Crippen molar-refractivity contribution in [1.29, 1.82) is 5.26 Å². The van der Waals surface area contributed by atoms with Gasteiger partial charge in [0.05, 0.1) is 13.2 Å². The molecular weight excluding hydrogens is 164 g/mol. The third-order valence-corrected chi connectivity index (χ3v) is 1.77. The van der Waals surface area contributed by atoms with Crippen molar-refractivity contribution in [3.05, 3.63) is 23.8 Å². The highest BCUT2D eigenvalue weighted by molar-refractivity contribution is 5.51. The number of ether oxygens (including phenoxy) is 1. The summed E-state index contributed by atoms with van der Waals surface area (Å²) in [5.41, 5.74) is 2.00. The van der Waals surface area contributed by atoms with Crippen molar-refractivity contribution >= 4 is 5.69 Å². The van der Waals surface area contributed by atoms with E-state index in [0.29, 0.717) is 6.54 Å². The van der Waals surface area contributed by atoms with E-state index in [1.807, 2.05) is 31.2 Å². The second-order valence-electron chi connectivity index (χ2n) is 2.70. The van der Waals surface area contributed by atoms with E-state index in [2.05, 4.69) is 5.32 Å². The van der Waals surface area contributed by atoms with Crippen LogP contribution in [0.5, 0.6) is 5.75 Å². The fourth-order valence-corrected chi connectivity index (χ4v) is 1.13. The van der Waals surface area contributed by atoms with Gasteiger partial charge in [-0.2, -0.15) is 5.26 Å². The minimum Gasteiger partial charge on any atom is -0.496 e. The SMILES string of the molecule is COc1ccc(NCC#N)cc1C. The molecule has 0 saturated heterocycles. The summed E-state index contributed by atoms with van der Waals surface area (Å²) in [7, 11) is 1.64. The summed E-state index contributed by atoms with van der Waals surface area (Å²) in [6.07, 6.45) is 0. The minimum atomic E-state index is 0.325. The van der Waals surface area contributed by atoms with Gasteiger partial charge >= 0.3 is 0 Å². The summed E-state index contributed by atoms with van der Waals surface area (Å²) < 4.78 is 5.11. The molecule has 0 saturated carbocycles. The monoisotopic (exact) mass is 176 g/mol. The first kappa shape index (κ1) is 9.40. The molecule has 1 N–H and O–H groups in total. The van der Waals surface area contributed by atoms with E-state index in [1.54, 1.807) is 7.11 Å². The van der Waals surface area contributed by atoms with Gasteiger partial charge in [-0.15, -0.1) is 0 Å². The van der Waals surface area contributed by atoms with E-state index in [4.69, 9.17) is 10.00 Å². The lowest BCUT2D eigenvalue weighted by molar-refractivity contribution is 0.412. The number of nitrogens with zero attached hydrogens (tertiary/aromatic N) is 1. The summed E-state index contributed by atoms with van der Waals surface area (Å²) in [6, 6.07) is 7.75. The van der Waals surface area contributed by atoms with Crippen LogP contribution in [0.25, 0.3) is 0 Å². The largest absolute Gasteiger partial charge is 0.496 e. The molecule has 0 aliphatic heterocycles. The molecule has 0 spiro atoms. The number of nitrogens with one attached hydrogen (secondary N) is 1. The number of nitriles is 1. The molecule has 0 aliphatic carbocycles. The Balaban J connectivity index is 2.78. The zero-order valence-electron chi connectivity index (χ0n) is 7.79. The highest BCUT2D eigenvalue weighted by Gasteiger charge is 1.98. The van der Waals surface area contributed by atoms with Gasteiger partial charge in [0.1, 0.15) is 12.3 Å². The number of rotatable bonds is 3. The summed E-state index contributed by atoms with van der Waals surface area (Å²) in [4.78, 5) is 0. The molecule has 0 atom stereocenters. The number of hydrogen-bond acceptors (Lipinski definition) is 3. The van der Waals surface area contributed by atoms with Gasteiger partial charge in [-0.3, -0.25) is 0 Å². The highest BCUT2D eigenvalue weighted by atomic mass is 16.5. The smallest absolute Gasteiger partial charge is 0.121 e. The van der Waals surface area contributed by atoms with Crippen LogP contribution in [-0.2, 0) is 0 Å². The van der Waals surface area contributed by atoms with E-state index >= 15 is 0 Å². The summed E-state index contributed by atoms with van der Waals surface area (Å²) in [5, 5.41) is 11.3. The molecule has 0 unspecified atom stereocenters. The first-order valence-electron chi connectivity index (χ1n) is 4.03. The molecule has 0 aliphatic rings. The van der Waals surface area contributed by atoms with Gasteiger partial charge in [0.25, 0.3) is 0 Å². The maximum Gasteiger partial charge on any atom is 0.121 e. The van der Waals surface area contributed by atoms with E-state index < -0.39 is 0 Å². The van der Waals surface area contributed by atoms with Gasteiger partial charge in [0.2, 0.25) is 0 Å². The van der Waals surface area contributed by atoms with E-state index in [9.17, 15) is 0 Å². The molecule has 0 amide bonds. The third kappa shape index (κ3) is 2.38. The minimum absolute atomic E-state index is 0.325. The molecule has 3 heteroatoms. The Hall–Kier alpha value is -1.69. The zero-order chi connectivity index (χ0) is 9.68. The molecule has 0 radical (unpaired) electrons. The van der Waals surface area contributed by atoms with E-state index in [0.717, 1.165) is 17.0 Å². The maximum atomic E-state index is 8.36. The molecule has 3 nitrogen and oxygen atoms in total. The van der Waals surface area contributed by atoms with Crippen molar-refractivity contribution in [2.45, 2.75) is 6.92 Å². The number of benzene rings is 1. The van der Waals surface area contributed by atoms with Crippen LogP contribution in [0.2, 0.25) is 0 Å². The van der Waals surface area contributed by atoms with Crippen molar-refractivity contribution in [3.8, 4) is 11.8 Å². The molecule has 13 heavy (non-hydrogen) atoms. The second kappa shape index (κ2) is 4.36. The average Bonchev–Trinajstić information content (AvgIpc) is 2.15. The van der Waals surface area contributed by atoms with Gasteiger partial charge in [-0.25, -0.2) is 0 Å².